The second kappa shape index (κ2) is 48.1. The molecule has 5 aromatic rings. The van der Waals surface area contributed by atoms with Crippen LogP contribution in [-0.2, 0) is 69.8 Å². The minimum absolute atomic E-state index is 0. The van der Waals surface area contributed by atoms with Gasteiger partial charge in [-0.1, -0.05) is 59.4 Å². The predicted octanol–water partition coefficient (Wildman–Crippen LogP) is 1.36. The molecule has 1 aromatic carbocycles. The van der Waals surface area contributed by atoms with Crippen molar-refractivity contribution in [3.63, 3.8) is 0 Å². The molecule has 26 nitrogen and oxygen atoms in total. The van der Waals surface area contributed by atoms with Crippen LogP contribution in [0.3, 0.4) is 0 Å². The molecule has 0 unspecified atom stereocenters. The van der Waals surface area contributed by atoms with Crippen molar-refractivity contribution in [2.24, 2.45) is 17.2 Å². The molecule has 0 atom stereocenters. The summed E-state index contributed by atoms with van der Waals surface area (Å²) in [7, 11) is -9.11. The van der Waals surface area contributed by atoms with Crippen molar-refractivity contribution in [2.75, 3.05) is 63.3 Å². The number of para-hydroxylation sites is 1. The van der Waals surface area contributed by atoms with Crippen molar-refractivity contribution in [3.8, 4) is 0 Å². The molecular formula is C42H73Cl3FN16NaO10S4. The average Bonchev–Trinajstić information content (AvgIpc) is 3.32. The Bertz CT molecular complexity index is 2600. The Labute approximate surface area is 491 Å². The van der Waals surface area contributed by atoms with Crippen molar-refractivity contribution in [1.29, 1.82) is 0 Å². The van der Waals surface area contributed by atoms with Gasteiger partial charge in [0.05, 0.1) is 12.4 Å². The van der Waals surface area contributed by atoms with Crippen LogP contribution in [0.25, 0.3) is 0 Å². The fraction of sp³-hybridized carbons (Fsp3) is 0.524. The zero-order valence-electron chi connectivity index (χ0n) is 46.2. The van der Waals surface area contributed by atoms with Gasteiger partial charge in [-0.25, -0.2) is 73.5 Å². The summed E-state index contributed by atoms with van der Waals surface area (Å²) in [5.41, 5.74) is 14.3. The Morgan fingerprint density at radius 3 is 1.25 bits per heavy atom. The fourth-order valence-corrected chi connectivity index (χ4v) is 6.08. The minimum Gasteiger partial charge on any atom is -0.726 e. The number of anilines is 2. The van der Waals surface area contributed by atoms with Crippen molar-refractivity contribution in [3.05, 3.63) is 105 Å². The van der Waals surface area contributed by atoms with E-state index < -0.39 is 58.3 Å². The second-order valence-corrected chi connectivity index (χ2v) is 22.0. The molecule has 0 saturated heterocycles. The summed E-state index contributed by atoms with van der Waals surface area (Å²) >= 11 is 16.5. The van der Waals surface area contributed by atoms with E-state index in [0.717, 1.165) is 66.2 Å². The summed E-state index contributed by atoms with van der Waals surface area (Å²) in [4.78, 5) is 46.5. The third kappa shape index (κ3) is 56.7. The molecule has 35 heteroatoms. The number of nitrogens with zero attached hydrogens (tertiary/aromatic N) is 12. The van der Waals surface area contributed by atoms with Gasteiger partial charge < -0.3 is 27.1 Å². The zero-order chi connectivity index (χ0) is 60.3. The number of rotatable bonds is 13. The van der Waals surface area contributed by atoms with E-state index in [1.54, 1.807) is 6.92 Å². The SMILES string of the molecule is C=CS(C)(=O)=O.CCCS(C)(=O)=O.CCc1nc(C)nc(C)n1.CCc1nc(C)nc(Cl)n1.CCc1nc(Cl)nc(Cl)n1.CCc1nc(F)nc(Nc2ccccc2)n1.CN.CN.CN.CS(=O)(=O)CCOS(=O)(=O)[O-].[Na+]. The third-order valence-corrected chi connectivity index (χ3v) is 10.4. The number of halogens is 4. The predicted molar refractivity (Wildman–Crippen MR) is 296 cm³/mol. The van der Waals surface area contributed by atoms with Crippen LogP contribution < -0.4 is 52.1 Å². The van der Waals surface area contributed by atoms with E-state index in [-0.39, 0.29) is 51.4 Å². The first-order valence-corrected chi connectivity index (χ1v) is 30.7. The molecule has 0 radical (unpaired) electrons. The summed E-state index contributed by atoms with van der Waals surface area (Å²) in [5.74, 6) is 5.04. The summed E-state index contributed by atoms with van der Waals surface area (Å²) in [6.07, 6.45) is 6.17. The molecule has 0 aliphatic heterocycles. The number of nitrogens with one attached hydrogen (secondary N) is 1. The summed E-state index contributed by atoms with van der Waals surface area (Å²) in [6, 6.07) is 9.36. The average molecular weight is 1240 g/mol. The zero-order valence-corrected chi connectivity index (χ0v) is 53.7. The summed E-state index contributed by atoms with van der Waals surface area (Å²) in [6.45, 7) is 17.6. The van der Waals surface area contributed by atoms with E-state index in [0.29, 0.717) is 36.1 Å². The number of sulfone groups is 3. The summed E-state index contributed by atoms with van der Waals surface area (Å²) < 4.78 is 107. The van der Waals surface area contributed by atoms with Crippen molar-refractivity contribution < 1.29 is 76.4 Å². The first kappa shape index (κ1) is 84.5. The molecule has 5 rings (SSSR count). The Morgan fingerprint density at radius 1 is 0.571 bits per heavy atom. The van der Waals surface area contributed by atoms with Crippen LogP contribution in [0.15, 0.2) is 42.3 Å². The molecule has 434 valence electrons. The number of nitrogens with two attached hydrogens (primary N) is 3. The van der Waals surface area contributed by atoms with Gasteiger partial charge in [-0.15, -0.1) is 0 Å². The number of hydrogen-bond donors (Lipinski definition) is 4. The van der Waals surface area contributed by atoms with Gasteiger partial charge in [0.1, 0.15) is 60.4 Å². The third-order valence-electron chi connectivity index (χ3n) is 6.81. The van der Waals surface area contributed by atoms with Crippen LogP contribution in [0.5, 0.6) is 0 Å². The van der Waals surface area contributed by atoms with Gasteiger partial charge in [-0.3, -0.25) is 4.18 Å². The maximum absolute atomic E-state index is 13.0. The van der Waals surface area contributed by atoms with Crippen LogP contribution in [0, 0.1) is 26.8 Å². The Kier molecular flexibility index (Phi) is 52.8. The van der Waals surface area contributed by atoms with E-state index in [2.05, 4.69) is 93.1 Å². The number of aromatic nitrogens is 12. The monoisotopic (exact) mass is 1240 g/mol. The van der Waals surface area contributed by atoms with Gasteiger partial charge in [0.2, 0.25) is 32.2 Å². The number of benzene rings is 1. The maximum atomic E-state index is 13.0. The summed E-state index contributed by atoms with van der Waals surface area (Å²) in [5, 5.41) is 4.41. The van der Waals surface area contributed by atoms with Gasteiger partial charge in [0.25, 0.3) is 0 Å². The maximum Gasteiger partial charge on any atom is 1.00 e. The van der Waals surface area contributed by atoms with Crippen LogP contribution in [-0.4, -0.2) is 156 Å². The fourth-order valence-electron chi connectivity index (χ4n) is 3.94. The van der Waals surface area contributed by atoms with E-state index in [1.165, 1.54) is 27.4 Å². The molecule has 4 aromatic heterocycles. The van der Waals surface area contributed by atoms with E-state index in [4.69, 9.17) is 34.8 Å². The Hall–Kier alpha value is -3.80. The van der Waals surface area contributed by atoms with E-state index in [9.17, 15) is 42.6 Å². The topological polar surface area (TPSA) is 414 Å². The standard InChI is InChI=1S/C11H11FN4.C7H11N3.C6H8ClN3.C5H5Cl2N3.C4H10O2S.C3H8O6S2.C3H6O2S.3CH5N.Na/c1-2-9-14-10(12)16-11(15-9)13-8-6-4-3-5-7-8;1-4-7-9-5(2)8-6(3)10-7;1-3-5-8-4(2)9-6(7)10-5;1-2-3-8-4(6)10-5(7)9-3;1-3-4-7(2,5)6;1-10(4,5)3-2-9-11(6,7)8;1-3-6(2,4)5;3*1-2;/h3-7H,2H2,1H3,(H,13,14,15,16);4H2,1-3H3;3H2,1-2H3;2H2,1H3;3-4H2,1-2H3;2-3H2,1H3,(H,6,7,8);3H,1H2,2H3;3*2H2,1H3;/q;;;;;;;;;;+1/p-1. The number of aryl methyl sites for hydroxylation is 7. The first-order valence-electron chi connectivity index (χ1n) is 22.1. The Morgan fingerprint density at radius 2 is 0.922 bits per heavy atom. The molecule has 77 heavy (non-hydrogen) atoms. The van der Waals surface area contributed by atoms with Crippen LogP contribution in [0.2, 0.25) is 15.9 Å². The van der Waals surface area contributed by atoms with E-state index in [1.807, 2.05) is 78.8 Å². The molecule has 0 bridgehead atoms. The smallest absolute Gasteiger partial charge is 0.726 e. The van der Waals surface area contributed by atoms with Gasteiger partial charge >= 0.3 is 35.6 Å². The van der Waals surface area contributed by atoms with Crippen molar-refractivity contribution >= 4 is 86.3 Å². The molecule has 0 spiro atoms. The van der Waals surface area contributed by atoms with Gasteiger partial charge in [-0.05, 0) is 95.3 Å². The van der Waals surface area contributed by atoms with Crippen LogP contribution >= 0.6 is 34.8 Å². The second-order valence-electron chi connectivity index (χ2n) is 13.4. The molecular weight excluding hydrogens is 1170 g/mol. The van der Waals surface area contributed by atoms with Crippen molar-refractivity contribution in [1.82, 2.24) is 59.8 Å². The van der Waals surface area contributed by atoms with E-state index >= 15 is 0 Å². The van der Waals surface area contributed by atoms with Crippen LogP contribution in [0.4, 0.5) is 16.0 Å². The molecule has 0 amide bonds. The molecule has 0 aliphatic carbocycles. The van der Waals surface area contributed by atoms with Crippen molar-refractivity contribution in [2.45, 2.75) is 87.5 Å². The first-order chi connectivity index (χ1) is 35.3. The minimum atomic E-state index is -4.76. The largest absolute Gasteiger partial charge is 1.00 e. The molecule has 0 saturated carbocycles. The van der Waals surface area contributed by atoms with Gasteiger partial charge in [0, 0.05) is 61.3 Å². The molecule has 7 N–H and O–H groups in total. The molecule has 4 heterocycles. The molecule has 0 fully saturated rings. The van der Waals surface area contributed by atoms with Crippen LogP contribution in [0.1, 0.15) is 81.8 Å². The normalized spacial score (nSPS) is 10.0. The Balaban J connectivity index is -0.000000191. The van der Waals surface area contributed by atoms with Gasteiger partial charge in [-0.2, -0.15) is 24.3 Å². The quantitative estimate of drug-likeness (QED) is 0.0734. The number of hydrogen-bond acceptors (Lipinski definition) is 26. The van der Waals surface area contributed by atoms with Gasteiger partial charge in [0.15, 0.2) is 9.84 Å². The molecule has 0 aliphatic rings.